The summed E-state index contributed by atoms with van der Waals surface area (Å²) in [6.07, 6.45) is 10.1. The summed E-state index contributed by atoms with van der Waals surface area (Å²) in [7, 11) is 0. The van der Waals surface area contributed by atoms with Crippen LogP contribution in [0.25, 0.3) is 0 Å². The van der Waals surface area contributed by atoms with E-state index in [1.165, 1.54) is 58.2 Å². The third-order valence-electron chi connectivity index (χ3n) is 6.89. The van der Waals surface area contributed by atoms with Gasteiger partial charge in [0.1, 0.15) is 0 Å². The van der Waals surface area contributed by atoms with Crippen LogP contribution < -0.4 is 0 Å². The van der Waals surface area contributed by atoms with E-state index in [1.54, 1.807) is 0 Å². The fraction of sp³-hybridized carbons (Fsp3) is 1.00. The predicted molar refractivity (Wildman–Crippen MR) is 94.4 cm³/mol. The molecule has 0 bridgehead atoms. The molecule has 0 unspecified atom stereocenters. The van der Waals surface area contributed by atoms with Gasteiger partial charge in [0.05, 0.1) is 13.2 Å². The highest BCUT2D eigenvalue weighted by molar-refractivity contribution is 4.88. The van der Waals surface area contributed by atoms with Crippen molar-refractivity contribution in [2.75, 3.05) is 32.8 Å². The van der Waals surface area contributed by atoms with E-state index in [9.17, 15) is 0 Å². The van der Waals surface area contributed by atoms with Crippen molar-refractivity contribution in [3.8, 4) is 0 Å². The lowest BCUT2D eigenvalue weighted by atomic mass is 9.68. The molecule has 134 valence electrons. The van der Waals surface area contributed by atoms with Crippen LogP contribution in [0.15, 0.2) is 0 Å². The molecule has 0 aromatic carbocycles. The maximum Gasteiger partial charge on any atom is 0.168 e. The molecule has 3 heteroatoms. The number of likely N-dealkylation sites (tertiary alicyclic amines) is 1. The van der Waals surface area contributed by atoms with Gasteiger partial charge in [-0.2, -0.15) is 0 Å². The van der Waals surface area contributed by atoms with Gasteiger partial charge in [-0.3, -0.25) is 0 Å². The first kappa shape index (κ1) is 17.7. The maximum absolute atomic E-state index is 6.31. The summed E-state index contributed by atoms with van der Waals surface area (Å²) in [5.74, 6) is 1.17. The quantitative estimate of drug-likeness (QED) is 0.762. The Morgan fingerprint density at radius 1 is 1.00 bits per heavy atom. The zero-order valence-corrected chi connectivity index (χ0v) is 15.6. The van der Waals surface area contributed by atoms with E-state index >= 15 is 0 Å². The molecular formula is C20H37NO2. The smallest absolute Gasteiger partial charge is 0.168 e. The minimum atomic E-state index is -0.237. The van der Waals surface area contributed by atoms with Crippen molar-refractivity contribution in [2.45, 2.75) is 77.9 Å². The highest BCUT2D eigenvalue weighted by atomic mass is 16.7. The molecule has 2 heterocycles. The SMILES string of the molecule is CCC(C)(C)C1CCC2(CC1)OCC(CN1CCCCC1)CO2. The van der Waals surface area contributed by atoms with Gasteiger partial charge in [0, 0.05) is 25.3 Å². The van der Waals surface area contributed by atoms with Crippen LogP contribution in [-0.4, -0.2) is 43.5 Å². The van der Waals surface area contributed by atoms with Crippen molar-refractivity contribution in [3.05, 3.63) is 0 Å². The molecule has 2 saturated heterocycles. The Morgan fingerprint density at radius 2 is 1.61 bits per heavy atom. The fourth-order valence-corrected chi connectivity index (χ4v) is 4.66. The van der Waals surface area contributed by atoms with Crippen LogP contribution >= 0.6 is 0 Å². The molecule has 0 atom stereocenters. The molecule has 0 N–H and O–H groups in total. The number of nitrogens with zero attached hydrogens (tertiary/aromatic N) is 1. The normalized spacial score (nSPS) is 37.2. The molecule has 0 aromatic rings. The van der Waals surface area contributed by atoms with Gasteiger partial charge in [0.25, 0.3) is 0 Å². The summed E-state index contributed by atoms with van der Waals surface area (Å²) in [4.78, 5) is 2.61. The number of piperidine rings is 1. The number of hydrogen-bond donors (Lipinski definition) is 0. The average molecular weight is 324 g/mol. The summed E-state index contributed by atoms with van der Waals surface area (Å²) in [5.41, 5.74) is 0.465. The van der Waals surface area contributed by atoms with Crippen LogP contribution in [0, 0.1) is 17.3 Å². The molecule has 3 aliphatic rings. The third kappa shape index (κ3) is 4.29. The summed E-state index contributed by atoms with van der Waals surface area (Å²) >= 11 is 0. The van der Waals surface area contributed by atoms with Crippen LogP contribution in [0.1, 0.15) is 72.1 Å². The lowest BCUT2D eigenvalue weighted by Gasteiger charge is -2.47. The topological polar surface area (TPSA) is 21.7 Å². The van der Waals surface area contributed by atoms with E-state index < -0.39 is 0 Å². The first-order valence-corrected chi connectivity index (χ1v) is 10.0. The maximum atomic E-state index is 6.31. The average Bonchev–Trinajstić information content (AvgIpc) is 2.59. The minimum absolute atomic E-state index is 0.237. The van der Waals surface area contributed by atoms with Crippen LogP contribution in [0.5, 0.6) is 0 Å². The Labute approximate surface area is 143 Å². The number of ether oxygens (including phenoxy) is 2. The molecule has 3 fully saturated rings. The van der Waals surface area contributed by atoms with Crippen molar-refractivity contribution in [1.29, 1.82) is 0 Å². The molecule has 0 radical (unpaired) electrons. The van der Waals surface area contributed by atoms with E-state index in [0.717, 1.165) is 32.0 Å². The highest BCUT2D eigenvalue weighted by Gasteiger charge is 2.43. The Balaban J connectivity index is 1.44. The summed E-state index contributed by atoms with van der Waals surface area (Å²) < 4.78 is 12.6. The largest absolute Gasteiger partial charge is 0.350 e. The molecular weight excluding hydrogens is 286 g/mol. The Morgan fingerprint density at radius 3 is 2.17 bits per heavy atom. The molecule has 1 spiro atoms. The monoisotopic (exact) mass is 323 g/mol. The second kappa shape index (κ2) is 7.41. The van der Waals surface area contributed by atoms with Gasteiger partial charge in [-0.05, 0) is 50.1 Å². The first-order chi connectivity index (χ1) is 11.0. The molecule has 0 aromatic heterocycles. The summed E-state index contributed by atoms with van der Waals surface area (Å²) in [6.45, 7) is 12.7. The Kier molecular flexibility index (Phi) is 5.70. The van der Waals surface area contributed by atoms with Gasteiger partial charge >= 0.3 is 0 Å². The highest BCUT2D eigenvalue weighted by Crippen LogP contribution is 2.46. The Hall–Kier alpha value is -0.120. The van der Waals surface area contributed by atoms with Gasteiger partial charge in [0.15, 0.2) is 5.79 Å². The standard InChI is InChI=1S/C20H37NO2/c1-4-19(2,3)18-8-10-20(11-9-18)22-15-17(16-23-20)14-21-12-6-5-7-13-21/h17-18H,4-16H2,1-3H3. The number of rotatable bonds is 4. The summed E-state index contributed by atoms with van der Waals surface area (Å²) in [5, 5.41) is 0. The van der Waals surface area contributed by atoms with Gasteiger partial charge in [-0.15, -0.1) is 0 Å². The minimum Gasteiger partial charge on any atom is -0.350 e. The molecule has 23 heavy (non-hydrogen) atoms. The van der Waals surface area contributed by atoms with E-state index in [2.05, 4.69) is 25.7 Å². The van der Waals surface area contributed by atoms with Gasteiger partial charge in [-0.25, -0.2) is 0 Å². The van der Waals surface area contributed by atoms with Crippen molar-refractivity contribution < 1.29 is 9.47 Å². The molecule has 1 saturated carbocycles. The van der Waals surface area contributed by atoms with Gasteiger partial charge in [-0.1, -0.05) is 33.6 Å². The second-order valence-electron chi connectivity index (χ2n) is 8.88. The lowest BCUT2D eigenvalue weighted by molar-refractivity contribution is -0.301. The van der Waals surface area contributed by atoms with Crippen molar-refractivity contribution in [3.63, 3.8) is 0 Å². The summed E-state index contributed by atoms with van der Waals surface area (Å²) in [6, 6.07) is 0. The number of hydrogen-bond acceptors (Lipinski definition) is 3. The van der Waals surface area contributed by atoms with E-state index in [0.29, 0.717) is 11.3 Å². The molecule has 1 aliphatic carbocycles. The van der Waals surface area contributed by atoms with E-state index in [4.69, 9.17) is 9.47 Å². The van der Waals surface area contributed by atoms with E-state index in [1.807, 2.05) is 0 Å². The van der Waals surface area contributed by atoms with Crippen molar-refractivity contribution in [1.82, 2.24) is 4.90 Å². The predicted octanol–water partition coefficient (Wildman–Crippen LogP) is 4.46. The first-order valence-electron chi connectivity index (χ1n) is 10.0. The zero-order chi connectivity index (χ0) is 16.3. The van der Waals surface area contributed by atoms with E-state index in [-0.39, 0.29) is 5.79 Å². The van der Waals surface area contributed by atoms with Crippen LogP contribution in [-0.2, 0) is 9.47 Å². The van der Waals surface area contributed by atoms with Gasteiger partial charge < -0.3 is 14.4 Å². The molecule has 3 rings (SSSR count). The van der Waals surface area contributed by atoms with Crippen LogP contribution in [0.3, 0.4) is 0 Å². The fourth-order valence-electron chi connectivity index (χ4n) is 4.66. The van der Waals surface area contributed by atoms with Gasteiger partial charge in [0.2, 0.25) is 0 Å². The Bertz CT molecular complexity index is 358. The van der Waals surface area contributed by atoms with Crippen molar-refractivity contribution >= 4 is 0 Å². The molecule has 3 nitrogen and oxygen atoms in total. The van der Waals surface area contributed by atoms with Crippen LogP contribution in [0.4, 0.5) is 0 Å². The lowest BCUT2D eigenvalue weighted by Crippen LogP contribution is -2.50. The third-order valence-corrected chi connectivity index (χ3v) is 6.89. The van der Waals surface area contributed by atoms with Crippen LogP contribution in [0.2, 0.25) is 0 Å². The molecule has 0 amide bonds. The van der Waals surface area contributed by atoms with Crippen molar-refractivity contribution in [2.24, 2.45) is 17.3 Å². The molecule has 2 aliphatic heterocycles. The second-order valence-corrected chi connectivity index (χ2v) is 8.88. The zero-order valence-electron chi connectivity index (χ0n) is 15.6.